The van der Waals surface area contributed by atoms with E-state index in [4.69, 9.17) is 0 Å². The van der Waals surface area contributed by atoms with Crippen molar-refractivity contribution in [2.75, 3.05) is 26.2 Å². The van der Waals surface area contributed by atoms with Crippen molar-refractivity contribution in [3.05, 3.63) is 47.5 Å². The van der Waals surface area contributed by atoms with E-state index in [1.54, 1.807) is 29.2 Å². The summed E-state index contributed by atoms with van der Waals surface area (Å²) in [6, 6.07) is 10.4. The minimum absolute atomic E-state index is 0.101. The number of carboxylic acid groups (broad SMARTS) is 1. The number of carboxylic acids is 1. The Morgan fingerprint density at radius 1 is 1.00 bits per heavy atom. The van der Waals surface area contributed by atoms with Gasteiger partial charge in [0.25, 0.3) is 5.91 Å². The standard InChI is InChI=1S/C16H16N2O3/c19-15(18-9-7-17-8-10-18)12-5-1-3-11-4-2-6-13(14(11)12)16(20)21/h1-6,17H,7-10H2,(H,20,21). The quantitative estimate of drug-likeness (QED) is 0.878. The molecule has 5 heteroatoms. The fourth-order valence-electron chi connectivity index (χ4n) is 2.74. The van der Waals surface area contributed by atoms with Crippen LogP contribution in [0.1, 0.15) is 20.7 Å². The Balaban J connectivity index is 2.13. The maximum absolute atomic E-state index is 12.7. The topological polar surface area (TPSA) is 69.6 Å². The Morgan fingerprint density at radius 2 is 1.62 bits per heavy atom. The molecule has 21 heavy (non-hydrogen) atoms. The second-order valence-electron chi connectivity index (χ2n) is 5.06. The maximum Gasteiger partial charge on any atom is 0.336 e. The van der Waals surface area contributed by atoms with Crippen molar-refractivity contribution in [1.82, 2.24) is 10.2 Å². The third-order valence-electron chi connectivity index (χ3n) is 3.77. The molecule has 0 spiro atoms. The zero-order valence-corrected chi connectivity index (χ0v) is 11.5. The first kappa shape index (κ1) is 13.6. The third-order valence-corrected chi connectivity index (χ3v) is 3.77. The monoisotopic (exact) mass is 284 g/mol. The number of benzene rings is 2. The molecule has 1 aliphatic heterocycles. The molecule has 1 heterocycles. The van der Waals surface area contributed by atoms with Crippen LogP contribution < -0.4 is 5.32 Å². The van der Waals surface area contributed by atoms with Crippen molar-refractivity contribution in [2.24, 2.45) is 0 Å². The van der Waals surface area contributed by atoms with Crippen molar-refractivity contribution in [2.45, 2.75) is 0 Å². The van der Waals surface area contributed by atoms with Crippen molar-refractivity contribution in [1.29, 1.82) is 0 Å². The van der Waals surface area contributed by atoms with E-state index in [1.807, 2.05) is 12.1 Å². The molecule has 0 saturated carbocycles. The summed E-state index contributed by atoms with van der Waals surface area (Å²) in [4.78, 5) is 25.9. The summed E-state index contributed by atoms with van der Waals surface area (Å²) in [6.07, 6.45) is 0. The van der Waals surface area contributed by atoms with Crippen LogP contribution in [0.25, 0.3) is 10.8 Å². The molecule has 2 aromatic carbocycles. The van der Waals surface area contributed by atoms with Gasteiger partial charge in [0.05, 0.1) is 5.56 Å². The van der Waals surface area contributed by atoms with Crippen molar-refractivity contribution in [3.8, 4) is 0 Å². The number of rotatable bonds is 2. The van der Waals surface area contributed by atoms with Gasteiger partial charge in [0.2, 0.25) is 0 Å². The molecule has 1 aliphatic rings. The van der Waals surface area contributed by atoms with Crippen LogP contribution in [0.3, 0.4) is 0 Å². The Labute approximate surface area is 122 Å². The maximum atomic E-state index is 12.7. The lowest BCUT2D eigenvalue weighted by molar-refractivity contribution is 0.0699. The molecule has 0 unspecified atom stereocenters. The molecule has 5 nitrogen and oxygen atoms in total. The molecule has 2 aromatic rings. The van der Waals surface area contributed by atoms with Gasteiger partial charge in [-0.1, -0.05) is 24.3 Å². The van der Waals surface area contributed by atoms with Crippen molar-refractivity contribution >= 4 is 22.6 Å². The van der Waals surface area contributed by atoms with E-state index in [2.05, 4.69) is 5.32 Å². The van der Waals surface area contributed by atoms with E-state index in [0.717, 1.165) is 18.5 Å². The van der Waals surface area contributed by atoms with Crippen LogP contribution >= 0.6 is 0 Å². The summed E-state index contributed by atoms with van der Waals surface area (Å²) in [6.45, 7) is 2.82. The van der Waals surface area contributed by atoms with Crippen LogP contribution in [0.4, 0.5) is 0 Å². The van der Waals surface area contributed by atoms with Gasteiger partial charge in [0, 0.05) is 37.1 Å². The number of hydrogen-bond acceptors (Lipinski definition) is 3. The van der Waals surface area contributed by atoms with Gasteiger partial charge in [-0.2, -0.15) is 0 Å². The second kappa shape index (κ2) is 5.54. The molecule has 3 rings (SSSR count). The number of carbonyl (C=O) groups excluding carboxylic acids is 1. The molecule has 0 aliphatic carbocycles. The summed E-state index contributed by atoms with van der Waals surface area (Å²) in [5.74, 6) is -1.11. The zero-order chi connectivity index (χ0) is 14.8. The van der Waals surface area contributed by atoms with Crippen LogP contribution in [-0.2, 0) is 0 Å². The Bertz CT molecular complexity index is 700. The summed E-state index contributed by atoms with van der Waals surface area (Å²) in [7, 11) is 0. The minimum Gasteiger partial charge on any atom is -0.478 e. The number of hydrogen-bond donors (Lipinski definition) is 2. The predicted molar refractivity (Wildman–Crippen MR) is 79.7 cm³/mol. The van der Waals surface area contributed by atoms with Gasteiger partial charge in [0.1, 0.15) is 0 Å². The van der Waals surface area contributed by atoms with Crippen LogP contribution in [0.15, 0.2) is 36.4 Å². The first-order valence-corrected chi connectivity index (χ1v) is 6.93. The third kappa shape index (κ3) is 2.48. The van der Waals surface area contributed by atoms with E-state index in [9.17, 15) is 14.7 Å². The zero-order valence-electron chi connectivity index (χ0n) is 11.5. The number of fused-ring (bicyclic) bond motifs is 1. The van der Waals surface area contributed by atoms with Gasteiger partial charge >= 0.3 is 5.97 Å². The molecule has 0 aromatic heterocycles. The normalized spacial score (nSPS) is 15.1. The van der Waals surface area contributed by atoms with E-state index in [1.165, 1.54) is 0 Å². The lowest BCUT2D eigenvalue weighted by Crippen LogP contribution is -2.46. The molecule has 1 saturated heterocycles. The number of piperazine rings is 1. The highest BCUT2D eigenvalue weighted by atomic mass is 16.4. The van der Waals surface area contributed by atoms with Crippen molar-refractivity contribution < 1.29 is 14.7 Å². The SMILES string of the molecule is O=C(O)c1cccc2cccc(C(=O)N3CCNCC3)c12. The fraction of sp³-hybridized carbons (Fsp3) is 0.250. The molecule has 1 amide bonds. The molecule has 108 valence electrons. The van der Waals surface area contributed by atoms with Gasteiger partial charge in [-0.25, -0.2) is 4.79 Å². The molecular weight excluding hydrogens is 268 g/mol. The number of nitrogens with zero attached hydrogens (tertiary/aromatic N) is 1. The average Bonchev–Trinajstić information content (AvgIpc) is 2.53. The molecule has 0 atom stereocenters. The average molecular weight is 284 g/mol. The number of aromatic carboxylic acids is 1. The Morgan fingerprint density at radius 3 is 2.24 bits per heavy atom. The summed E-state index contributed by atoms with van der Waals surface area (Å²) in [5.41, 5.74) is 0.638. The fourth-order valence-corrected chi connectivity index (χ4v) is 2.74. The lowest BCUT2D eigenvalue weighted by atomic mass is 9.98. The van der Waals surface area contributed by atoms with Crippen molar-refractivity contribution in [3.63, 3.8) is 0 Å². The highest BCUT2D eigenvalue weighted by molar-refractivity contribution is 6.14. The smallest absolute Gasteiger partial charge is 0.336 e. The first-order valence-electron chi connectivity index (χ1n) is 6.93. The summed E-state index contributed by atoms with van der Waals surface area (Å²) in [5, 5.41) is 13.9. The summed E-state index contributed by atoms with van der Waals surface area (Å²) >= 11 is 0. The van der Waals surface area contributed by atoms with E-state index in [-0.39, 0.29) is 11.5 Å². The van der Waals surface area contributed by atoms with Gasteiger partial charge < -0.3 is 15.3 Å². The van der Waals surface area contributed by atoms with Gasteiger partial charge in [-0.15, -0.1) is 0 Å². The van der Waals surface area contributed by atoms with E-state index < -0.39 is 5.97 Å². The highest BCUT2D eigenvalue weighted by Gasteiger charge is 2.22. The molecule has 0 radical (unpaired) electrons. The van der Waals surface area contributed by atoms with Crippen LogP contribution in [0, 0.1) is 0 Å². The summed E-state index contributed by atoms with van der Waals surface area (Å²) < 4.78 is 0. The minimum atomic E-state index is -1.01. The van der Waals surface area contributed by atoms with Crippen LogP contribution in [0.2, 0.25) is 0 Å². The predicted octanol–water partition coefficient (Wildman–Crippen LogP) is 1.58. The molecule has 0 bridgehead atoms. The number of carbonyl (C=O) groups is 2. The van der Waals surface area contributed by atoms with Gasteiger partial charge in [0.15, 0.2) is 0 Å². The molecule has 1 fully saturated rings. The van der Waals surface area contributed by atoms with Crippen LogP contribution in [0.5, 0.6) is 0 Å². The molecular formula is C16H16N2O3. The van der Waals surface area contributed by atoms with Gasteiger partial charge in [-0.05, 0) is 17.5 Å². The Kier molecular flexibility index (Phi) is 3.58. The highest BCUT2D eigenvalue weighted by Crippen LogP contribution is 2.24. The van der Waals surface area contributed by atoms with E-state index >= 15 is 0 Å². The van der Waals surface area contributed by atoms with E-state index in [0.29, 0.717) is 24.0 Å². The second-order valence-corrected chi connectivity index (χ2v) is 5.06. The van der Waals surface area contributed by atoms with Crippen LogP contribution in [-0.4, -0.2) is 48.1 Å². The lowest BCUT2D eigenvalue weighted by Gasteiger charge is -2.28. The number of nitrogens with one attached hydrogen (secondary N) is 1. The van der Waals surface area contributed by atoms with Gasteiger partial charge in [-0.3, -0.25) is 4.79 Å². The largest absolute Gasteiger partial charge is 0.478 e. The first-order chi connectivity index (χ1) is 10.2. The Hall–Kier alpha value is -2.40. The molecule has 2 N–H and O–H groups in total. The number of amides is 1.